The lowest BCUT2D eigenvalue weighted by Gasteiger charge is -2.07. The minimum Gasteiger partial charge on any atom is -0.448 e. The van der Waals surface area contributed by atoms with E-state index in [1.807, 2.05) is 24.3 Å². The highest BCUT2D eigenvalue weighted by molar-refractivity contribution is 5.65. The minimum atomic E-state index is 0.0145. The van der Waals surface area contributed by atoms with Gasteiger partial charge in [-0.15, -0.1) is 0 Å². The van der Waals surface area contributed by atoms with E-state index in [0.717, 1.165) is 22.6 Å². The highest BCUT2D eigenvalue weighted by Crippen LogP contribution is 2.30. The van der Waals surface area contributed by atoms with Crippen molar-refractivity contribution in [3.63, 3.8) is 0 Å². The number of benzene rings is 1. The van der Waals surface area contributed by atoms with E-state index in [0.29, 0.717) is 0 Å². The fraction of sp³-hybridized carbons (Fsp3) is 0.308. The van der Waals surface area contributed by atoms with Crippen molar-refractivity contribution in [3.05, 3.63) is 42.0 Å². The van der Waals surface area contributed by atoms with Crippen molar-refractivity contribution >= 4 is 0 Å². The molecule has 0 saturated carbocycles. The second-order valence-corrected chi connectivity index (χ2v) is 4.04. The summed E-state index contributed by atoms with van der Waals surface area (Å²) >= 11 is 0. The van der Waals surface area contributed by atoms with Crippen LogP contribution in [0.3, 0.4) is 0 Å². The van der Waals surface area contributed by atoms with Gasteiger partial charge in [-0.2, -0.15) is 0 Å². The van der Waals surface area contributed by atoms with E-state index in [1.54, 1.807) is 0 Å². The summed E-state index contributed by atoms with van der Waals surface area (Å²) in [5.41, 5.74) is 2.65. The number of hydrogen-bond donors (Lipinski definition) is 1. The molecular weight excluding hydrogens is 202 g/mol. The molecule has 84 valence electrons. The molecule has 1 N–H and O–H groups in total. The van der Waals surface area contributed by atoms with E-state index in [-0.39, 0.29) is 12.5 Å². The predicted molar refractivity (Wildman–Crippen MR) is 62.0 cm³/mol. The van der Waals surface area contributed by atoms with Crippen LogP contribution in [0.25, 0.3) is 11.3 Å². The number of oxazole rings is 1. The second-order valence-electron chi connectivity index (χ2n) is 4.04. The largest absolute Gasteiger partial charge is 0.448 e. The number of hydrogen-bond acceptors (Lipinski definition) is 3. The molecular formula is C13H15NO2. The van der Waals surface area contributed by atoms with Crippen LogP contribution < -0.4 is 0 Å². The van der Waals surface area contributed by atoms with Crippen molar-refractivity contribution in [3.8, 4) is 11.3 Å². The summed E-state index contributed by atoms with van der Waals surface area (Å²) in [5, 5.41) is 9.29. The third-order valence-corrected chi connectivity index (χ3v) is 2.56. The van der Waals surface area contributed by atoms with Crippen LogP contribution in [0.4, 0.5) is 0 Å². The summed E-state index contributed by atoms with van der Waals surface area (Å²) < 4.78 is 5.39. The van der Waals surface area contributed by atoms with Crippen molar-refractivity contribution in [2.75, 3.05) is 0 Å². The van der Waals surface area contributed by atoms with Gasteiger partial charge >= 0.3 is 0 Å². The van der Waals surface area contributed by atoms with Crippen molar-refractivity contribution < 1.29 is 9.52 Å². The average molecular weight is 217 g/mol. The van der Waals surface area contributed by atoms with Gasteiger partial charge in [-0.25, -0.2) is 4.98 Å². The Hall–Kier alpha value is -1.61. The second kappa shape index (κ2) is 4.49. The smallest absolute Gasteiger partial charge is 0.181 e. The predicted octanol–water partition coefficient (Wildman–Crippen LogP) is 2.96. The normalized spacial score (nSPS) is 11.0. The Kier molecular flexibility index (Phi) is 3.06. The molecule has 3 nitrogen and oxygen atoms in total. The van der Waals surface area contributed by atoms with Crippen LogP contribution in [-0.4, -0.2) is 10.1 Å². The number of aromatic nitrogens is 1. The van der Waals surface area contributed by atoms with Gasteiger partial charge in [0.15, 0.2) is 6.39 Å². The van der Waals surface area contributed by atoms with Crippen LogP contribution in [0, 0.1) is 0 Å². The topological polar surface area (TPSA) is 46.3 Å². The molecule has 0 atom stereocenters. The zero-order valence-electron chi connectivity index (χ0n) is 9.47. The molecule has 16 heavy (non-hydrogen) atoms. The molecule has 0 unspecified atom stereocenters. The molecule has 1 aromatic heterocycles. The molecule has 0 saturated heterocycles. The molecule has 3 heteroatoms. The van der Waals surface area contributed by atoms with Gasteiger partial charge in [0.05, 0.1) is 6.61 Å². The zero-order chi connectivity index (χ0) is 11.5. The molecule has 0 aliphatic rings. The molecule has 0 radical (unpaired) electrons. The lowest BCUT2D eigenvalue weighted by atomic mass is 10.0. The third kappa shape index (κ3) is 1.86. The van der Waals surface area contributed by atoms with E-state index < -0.39 is 0 Å². The van der Waals surface area contributed by atoms with E-state index >= 15 is 0 Å². The Morgan fingerprint density at radius 1 is 1.31 bits per heavy atom. The van der Waals surface area contributed by atoms with E-state index in [1.165, 1.54) is 6.39 Å². The van der Waals surface area contributed by atoms with Crippen LogP contribution >= 0.6 is 0 Å². The SMILES string of the molecule is CC(C)c1ocnc1-c1ccccc1CO. The molecule has 2 rings (SSSR count). The van der Waals surface area contributed by atoms with Crippen LogP contribution in [0.1, 0.15) is 31.1 Å². The Morgan fingerprint density at radius 3 is 2.75 bits per heavy atom. The zero-order valence-corrected chi connectivity index (χ0v) is 9.47. The molecule has 0 spiro atoms. The van der Waals surface area contributed by atoms with Crippen molar-refractivity contribution in [1.82, 2.24) is 4.98 Å². The average Bonchev–Trinajstić information content (AvgIpc) is 2.77. The first-order chi connectivity index (χ1) is 7.74. The summed E-state index contributed by atoms with van der Waals surface area (Å²) in [6.45, 7) is 4.14. The summed E-state index contributed by atoms with van der Waals surface area (Å²) in [6, 6.07) is 7.70. The quantitative estimate of drug-likeness (QED) is 0.859. The highest BCUT2D eigenvalue weighted by Gasteiger charge is 2.15. The number of nitrogens with zero attached hydrogens (tertiary/aromatic N) is 1. The van der Waals surface area contributed by atoms with Gasteiger partial charge in [0.2, 0.25) is 0 Å². The fourth-order valence-corrected chi connectivity index (χ4v) is 1.76. The summed E-state index contributed by atoms with van der Waals surface area (Å²) in [5.74, 6) is 1.14. The van der Waals surface area contributed by atoms with Crippen LogP contribution in [0.5, 0.6) is 0 Å². The molecule has 1 heterocycles. The maximum atomic E-state index is 9.29. The molecule has 0 aliphatic carbocycles. The van der Waals surface area contributed by atoms with E-state index in [9.17, 15) is 5.11 Å². The van der Waals surface area contributed by atoms with Crippen molar-refractivity contribution in [1.29, 1.82) is 0 Å². The maximum absolute atomic E-state index is 9.29. The first-order valence-corrected chi connectivity index (χ1v) is 5.36. The number of aliphatic hydroxyl groups is 1. The van der Waals surface area contributed by atoms with Gasteiger partial charge in [-0.1, -0.05) is 38.1 Å². The molecule has 0 fully saturated rings. The fourth-order valence-electron chi connectivity index (χ4n) is 1.76. The van der Waals surface area contributed by atoms with Crippen molar-refractivity contribution in [2.45, 2.75) is 26.4 Å². The molecule has 0 amide bonds. The van der Waals surface area contributed by atoms with Gasteiger partial charge in [0, 0.05) is 11.5 Å². The lowest BCUT2D eigenvalue weighted by molar-refractivity contribution is 0.282. The van der Waals surface area contributed by atoms with Crippen LogP contribution in [0.2, 0.25) is 0 Å². The Labute approximate surface area is 94.8 Å². The minimum absolute atomic E-state index is 0.0145. The molecule has 0 bridgehead atoms. The molecule has 2 aromatic rings. The number of aliphatic hydroxyl groups excluding tert-OH is 1. The van der Waals surface area contributed by atoms with Gasteiger partial charge in [0.25, 0.3) is 0 Å². The van der Waals surface area contributed by atoms with E-state index in [4.69, 9.17) is 4.42 Å². The first kappa shape index (κ1) is 10.9. The summed E-state index contributed by atoms with van der Waals surface area (Å²) in [7, 11) is 0. The van der Waals surface area contributed by atoms with Gasteiger partial charge in [-0.3, -0.25) is 0 Å². The summed E-state index contributed by atoms with van der Waals surface area (Å²) in [4.78, 5) is 4.24. The van der Waals surface area contributed by atoms with Crippen LogP contribution in [0.15, 0.2) is 35.1 Å². The monoisotopic (exact) mass is 217 g/mol. The maximum Gasteiger partial charge on any atom is 0.181 e. The summed E-state index contributed by atoms with van der Waals surface area (Å²) in [6.07, 6.45) is 1.46. The van der Waals surface area contributed by atoms with E-state index in [2.05, 4.69) is 18.8 Å². The Balaban J connectivity index is 2.54. The Morgan fingerprint density at radius 2 is 2.06 bits per heavy atom. The highest BCUT2D eigenvalue weighted by atomic mass is 16.3. The standard InChI is InChI=1S/C13H15NO2/c1-9(2)13-12(14-8-16-13)11-6-4-3-5-10(11)7-15/h3-6,8-9,15H,7H2,1-2H3. The van der Waals surface area contributed by atoms with Crippen molar-refractivity contribution in [2.24, 2.45) is 0 Å². The lowest BCUT2D eigenvalue weighted by Crippen LogP contribution is -1.93. The molecule has 1 aromatic carbocycles. The molecule has 0 aliphatic heterocycles. The third-order valence-electron chi connectivity index (χ3n) is 2.56. The first-order valence-electron chi connectivity index (χ1n) is 5.36. The number of rotatable bonds is 3. The van der Waals surface area contributed by atoms with Crippen LogP contribution in [-0.2, 0) is 6.61 Å². The van der Waals surface area contributed by atoms with Gasteiger partial charge in [0.1, 0.15) is 11.5 Å². The van der Waals surface area contributed by atoms with Gasteiger partial charge in [-0.05, 0) is 5.56 Å². The van der Waals surface area contributed by atoms with Gasteiger partial charge < -0.3 is 9.52 Å². The Bertz CT molecular complexity index is 474.